The van der Waals surface area contributed by atoms with Crippen LogP contribution in [0.4, 0.5) is 4.39 Å². The number of para-hydroxylation sites is 1. The van der Waals surface area contributed by atoms with Crippen LogP contribution in [0.1, 0.15) is 30.0 Å². The van der Waals surface area contributed by atoms with Crippen molar-refractivity contribution in [1.82, 2.24) is 10.2 Å². The second-order valence-corrected chi connectivity index (χ2v) is 8.44. The molecular weight excluding hydrogens is 447 g/mol. The first-order valence-electron chi connectivity index (χ1n) is 11.8. The predicted octanol–water partition coefficient (Wildman–Crippen LogP) is 4.27. The molecule has 1 heterocycles. The molecule has 3 aromatic carbocycles. The van der Waals surface area contributed by atoms with Crippen molar-refractivity contribution in [3.05, 3.63) is 102 Å². The molecule has 0 aromatic heterocycles. The SMILES string of the molecule is O=C(NC[C@@H]1CCCO1)[C@@H](c1ccccc1)N(Cc1ccc(F)cc1)C(=O)COc1ccccc1. The first-order valence-corrected chi connectivity index (χ1v) is 11.8. The molecule has 1 fully saturated rings. The molecule has 2 atom stereocenters. The summed E-state index contributed by atoms with van der Waals surface area (Å²) >= 11 is 0. The van der Waals surface area contributed by atoms with Crippen LogP contribution in [-0.2, 0) is 20.9 Å². The molecule has 1 aliphatic heterocycles. The van der Waals surface area contributed by atoms with E-state index in [2.05, 4.69) is 5.32 Å². The van der Waals surface area contributed by atoms with Crippen LogP contribution in [0.15, 0.2) is 84.9 Å². The maximum absolute atomic E-state index is 13.5. The Hall–Kier alpha value is -3.71. The summed E-state index contributed by atoms with van der Waals surface area (Å²) in [4.78, 5) is 28.5. The summed E-state index contributed by atoms with van der Waals surface area (Å²) in [5.74, 6) is -0.476. The smallest absolute Gasteiger partial charge is 0.261 e. The zero-order valence-corrected chi connectivity index (χ0v) is 19.4. The molecule has 7 heteroatoms. The third kappa shape index (κ3) is 6.90. The molecule has 4 rings (SSSR count). The number of benzene rings is 3. The summed E-state index contributed by atoms with van der Waals surface area (Å²) in [6, 6.07) is 23.2. The highest BCUT2D eigenvalue weighted by Crippen LogP contribution is 2.25. The molecule has 1 aliphatic rings. The molecule has 1 saturated heterocycles. The van der Waals surface area contributed by atoms with Gasteiger partial charge in [-0.3, -0.25) is 9.59 Å². The highest BCUT2D eigenvalue weighted by Gasteiger charge is 2.32. The van der Waals surface area contributed by atoms with Gasteiger partial charge in [0.1, 0.15) is 17.6 Å². The molecule has 0 bridgehead atoms. The summed E-state index contributed by atoms with van der Waals surface area (Å²) in [6.07, 6.45) is 1.83. The van der Waals surface area contributed by atoms with E-state index in [1.165, 1.54) is 17.0 Å². The number of amides is 2. The van der Waals surface area contributed by atoms with Gasteiger partial charge >= 0.3 is 0 Å². The zero-order valence-electron chi connectivity index (χ0n) is 19.4. The van der Waals surface area contributed by atoms with Crippen molar-refractivity contribution in [2.45, 2.75) is 31.5 Å². The number of carbonyl (C=O) groups is 2. The van der Waals surface area contributed by atoms with Crippen LogP contribution < -0.4 is 10.1 Å². The molecule has 0 spiro atoms. The Morgan fingerprint density at radius 3 is 2.34 bits per heavy atom. The summed E-state index contributed by atoms with van der Waals surface area (Å²) in [5.41, 5.74) is 1.37. The van der Waals surface area contributed by atoms with Gasteiger partial charge < -0.3 is 19.7 Å². The Morgan fingerprint density at radius 2 is 1.69 bits per heavy atom. The van der Waals surface area contributed by atoms with Gasteiger partial charge in [-0.05, 0) is 48.2 Å². The summed E-state index contributed by atoms with van der Waals surface area (Å²) in [5, 5.41) is 2.97. The maximum atomic E-state index is 13.5. The number of halogens is 1. The molecule has 3 aromatic rings. The largest absolute Gasteiger partial charge is 0.484 e. The van der Waals surface area contributed by atoms with Gasteiger partial charge in [0.05, 0.1) is 6.10 Å². The predicted molar refractivity (Wildman–Crippen MR) is 130 cm³/mol. The van der Waals surface area contributed by atoms with Crippen LogP contribution in [-0.4, -0.2) is 42.6 Å². The number of hydrogen-bond donors (Lipinski definition) is 1. The first kappa shape index (κ1) is 24.4. The molecule has 0 radical (unpaired) electrons. The minimum atomic E-state index is -0.894. The van der Waals surface area contributed by atoms with E-state index < -0.39 is 6.04 Å². The van der Waals surface area contributed by atoms with Crippen LogP contribution in [0, 0.1) is 5.82 Å². The molecule has 0 saturated carbocycles. The van der Waals surface area contributed by atoms with Gasteiger partial charge in [0, 0.05) is 19.7 Å². The lowest BCUT2D eigenvalue weighted by Gasteiger charge is -2.32. The quantitative estimate of drug-likeness (QED) is 0.475. The Labute approximate surface area is 204 Å². The number of hydrogen-bond acceptors (Lipinski definition) is 4. The summed E-state index contributed by atoms with van der Waals surface area (Å²) in [7, 11) is 0. The van der Waals surface area contributed by atoms with Gasteiger partial charge in [-0.25, -0.2) is 4.39 Å². The van der Waals surface area contributed by atoms with E-state index in [1.807, 2.05) is 48.5 Å². The Bertz CT molecular complexity index is 1090. The van der Waals surface area contributed by atoms with E-state index in [0.717, 1.165) is 12.8 Å². The molecular formula is C28H29FN2O4. The third-order valence-corrected chi connectivity index (χ3v) is 5.90. The highest BCUT2D eigenvalue weighted by molar-refractivity contribution is 5.89. The average Bonchev–Trinajstić information content (AvgIpc) is 3.42. The van der Waals surface area contributed by atoms with Crippen LogP contribution >= 0.6 is 0 Å². The van der Waals surface area contributed by atoms with E-state index in [9.17, 15) is 14.0 Å². The fourth-order valence-corrected chi connectivity index (χ4v) is 4.08. The van der Waals surface area contributed by atoms with Crippen molar-refractivity contribution in [1.29, 1.82) is 0 Å². The highest BCUT2D eigenvalue weighted by atomic mass is 19.1. The second-order valence-electron chi connectivity index (χ2n) is 8.44. The van der Waals surface area contributed by atoms with Gasteiger partial charge in [-0.2, -0.15) is 0 Å². The van der Waals surface area contributed by atoms with Crippen molar-refractivity contribution in [3.8, 4) is 5.75 Å². The molecule has 6 nitrogen and oxygen atoms in total. The van der Waals surface area contributed by atoms with Crippen LogP contribution in [0.5, 0.6) is 5.75 Å². The Morgan fingerprint density at radius 1 is 1.00 bits per heavy atom. The number of nitrogens with zero attached hydrogens (tertiary/aromatic N) is 1. The maximum Gasteiger partial charge on any atom is 0.261 e. The number of carbonyl (C=O) groups excluding carboxylic acids is 2. The molecule has 182 valence electrons. The second kappa shape index (κ2) is 12.1. The number of ether oxygens (including phenoxy) is 2. The minimum Gasteiger partial charge on any atom is -0.484 e. The lowest BCUT2D eigenvalue weighted by Crippen LogP contribution is -2.46. The molecule has 0 unspecified atom stereocenters. The van der Waals surface area contributed by atoms with Gasteiger partial charge in [-0.15, -0.1) is 0 Å². The standard InChI is InChI=1S/C28H29FN2O4/c29-23-15-13-21(14-16-23)19-31(26(32)20-35-24-10-5-2-6-11-24)27(22-8-3-1-4-9-22)28(33)30-18-25-12-7-17-34-25/h1-6,8-11,13-16,25,27H,7,12,17-20H2,(H,30,33)/t25-,27+/m0/s1. The van der Waals surface area contributed by atoms with Crippen LogP contribution in [0.2, 0.25) is 0 Å². The zero-order chi connectivity index (χ0) is 24.5. The number of nitrogens with one attached hydrogen (secondary N) is 1. The van der Waals surface area contributed by atoms with E-state index in [1.54, 1.807) is 24.3 Å². The van der Waals surface area contributed by atoms with E-state index in [4.69, 9.17) is 9.47 Å². The monoisotopic (exact) mass is 476 g/mol. The van der Waals surface area contributed by atoms with Gasteiger partial charge in [0.15, 0.2) is 6.61 Å². The van der Waals surface area contributed by atoms with Crippen LogP contribution in [0.25, 0.3) is 0 Å². The first-order chi connectivity index (χ1) is 17.1. The van der Waals surface area contributed by atoms with Gasteiger partial charge in [0.25, 0.3) is 5.91 Å². The molecule has 35 heavy (non-hydrogen) atoms. The van der Waals surface area contributed by atoms with Gasteiger partial charge in [0.2, 0.25) is 5.91 Å². The summed E-state index contributed by atoms with van der Waals surface area (Å²) < 4.78 is 24.9. The van der Waals surface area contributed by atoms with E-state index >= 15 is 0 Å². The number of rotatable bonds is 10. The third-order valence-electron chi connectivity index (χ3n) is 5.90. The Balaban J connectivity index is 1.60. The van der Waals surface area contributed by atoms with E-state index in [-0.39, 0.29) is 36.9 Å². The normalized spacial score (nSPS) is 15.9. The van der Waals surface area contributed by atoms with Crippen LogP contribution in [0.3, 0.4) is 0 Å². The van der Waals surface area contributed by atoms with Crippen molar-refractivity contribution >= 4 is 11.8 Å². The minimum absolute atomic E-state index is 0.0296. The fraction of sp³-hybridized carbons (Fsp3) is 0.286. The summed E-state index contributed by atoms with van der Waals surface area (Å²) in [6.45, 7) is 0.938. The van der Waals surface area contributed by atoms with Crippen molar-refractivity contribution in [3.63, 3.8) is 0 Å². The van der Waals surface area contributed by atoms with Crippen molar-refractivity contribution in [2.24, 2.45) is 0 Å². The molecule has 0 aliphatic carbocycles. The van der Waals surface area contributed by atoms with E-state index in [0.29, 0.717) is 30.0 Å². The fourth-order valence-electron chi connectivity index (χ4n) is 4.08. The average molecular weight is 477 g/mol. The lowest BCUT2D eigenvalue weighted by molar-refractivity contribution is -0.143. The molecule has 2 amide bonds. The lowest BCUT2D eigenvalue weighted by atomic mass is 10.0. The van der Waals surface area contributed by atoms with Gasteiger partial charge in [-0.1, -0.05) is 60.7 Å². The van der Waals surface area contributed by atoms with Crippen molar-refractivity contribution < 1.29 is 23.5 Å². The van der Waals surface area contributed by atoms with Crippen molar-refractivity contribution in [2.75, 3.05) is 19.8 Å². The topological polar surface area (TPSA) is 67.9 Å². The Kier molecular flexibility index (Phi) is 8.46. The molecule has 1 N–H and O–H groups in total.